The van der Waals surface area contributed by atoms with Crippen molar-refractivity contribution in [3.05, 3.63) is 35.9 Å². The van der Waals surface area contributed by atoms with Crippen LogP contribution in [0.1, 0.15) is 28.2 Å². The molecule has 86 valence electrons. The Morgan fingerprint density at radius 2 is 1.38 bits per heavy atom. The zero-order valence-corrected chi connectivity index (χ0v) is 15.5. The van der Waals surface area contributed by atoms with Crippen LogP contribution in [0.5, 0.6) is 0 Å². The maximum atomic E-state index is 7.62. The quantitative estimate of drug-likeness (QED) is 0.544. The Balaban J connectivity index is -0.0000000364. The van der Waals surface area contributed by atoms with Gasteiger partial charge in [-0.1, -0.05) is 44.2 Å². The molecular weight excluding hydrogens is 246 g/mol. The first-order chi connectivity index (χ1) is 6.22. The van der Waals surface area contributed by atoms with Gasteiger partial charge in [-0.25, -0.2) is 0 Å². The first-order valence-corrected chi connectivity index (χ1v) is 4.49. The van der Waals surface area contributed by atoms with E-state index >= 15 is 0 Å². The molecule has 16 heavy (non-hydrogen) atoms. The fraction of sp³-hybridized carbons (Fsp3) is 0.455. The molecule has 0 unspecified atom stereocenters. The van der Waals surface area contributed by atoms with E-state index < -0.39 is 0 Å². The van der Waals surface area contributed by atoms with Gasteiger partial charge in [0.05, 0.1) is 13.2 Å². The van der Waals surface area contributed by atoms with Crippen molar-refractivity contribution >= 4 is 12.4 Å². The van der Waals surface area contributed by atoms with Gasteiger partial charge in [0.1, 0.15) is 0 Å². The van der Waals surface area contributed by atoms with Crippen molar-refractivity contribution in [1.29, 1.82) is 0 Å². The maximum absolute atomic E-state index is 7.62. The second-order valence-electron chi connectivity index (χ2n) is 3.01. The van der Waals surface area contributed by atoms with Gasteiger partial charge < -0.3 is 13.1 Å². The Hall–Kier alpha value is 1.43. The molecule has 1 aromatic carbocycles. The van der Waals surface area contributed by atoms with E-state index in [0.717, 1.165) is 0 Å². The van der Waals surface area contributed by atoms with Crippen LogP contribution in [0.15, 0.2) is 30.3 Å². The Morgan fingerprint density at radius 3 is 1.56 bits per heavy atom. The second kappa shape index (κ2) is 18.8. The Kier molecular flexibility index (Phi) is 30.6. The van der Waals surface area contributed by atoms with Crippen LogP contribution in [0.3, 0.4) is 0 Å². The third-order valence-electron chi connectivity index (χ3n) is 1.57. The van der Waals surface area contributed by atoms with Gasteiger partial charge in [-0.2, -0.15) is 0 Å². The number of rotatable bonds is 2. The summed E-state index contributed by atoms with van der Waals surface area (Å²) < 4.78 is 0. The fourth-order valence-corrected chi connectivity index (χ4v) is 0.838. The molecule has 1 rings (SSSR count). The van der Waals surface area contributed by atoms with E-state index in [9.17, 15) is 0 Å². The van der Waals surface area contributed by atoms with Gasteiger partial charge >= 0.3 is 59.1 Å². The average molecular weight is 267 g/mol. The number of hydrogen-bond acceptors (Lipinski definition) is 2. The van der Waals surface area contributed by atoms with Crippen LogP contribution in [-0.4, -0.2) is 23.4 Å². The molecular formula is C11H21ClNa2O2. The van der Waals surface area contributed by atoms with Crippen molar-refractivity contribution in [1.82, 2.24) is 0 Å². The van der Waals surface area contributed by atoms with Crippen LogP contribution in [0, 0.1) is 0 Å². The number of aliphatic hydroxyl groups is 2. The molecule has 0 amide bonds. The minimum absolute atomic E-state index is 0. The standard InChI is InChI=1S/C9H12.C2H6O2.ClH.2Na.2H/c1-8(2)9-6-4-3-5-7-9;3-1-2-4;;;;;/h3-8H,1-2H3;3-4H,1-2H2;1H;;;;/q;;;2*+1;2*-1. The summed E-state index contributed by atoms with van der Waals surface area (Å²) in [7, 11) is 0. The average Bonchev–Trinajstić information content (AvgIpc) is 2.19. The van der Waals surface area contributed by atoms with E-state index in [1.54, 1.807) is 0 Å². The number of halogens is 1. The van der Waals surface area contributed by atoms with Crippen LogP contribution >= 0.6 is 12.4 Å². The molecule has 0 bridgehead atoms. The Labute approximate surface area is 152 Å². The van der Waals surface area contributed by atoms with Gasteiger partial charge in [-0.15, -0.1) is 12.4 Å². The van der Waals surface area contributed by atoms with Crippen LogP contribution in [0.25, 0.3) is 0 Å². The zero-order valence-electron chi connectivity index (χ0n) is 12.7. The molecule has 1 aromatic rings. The molecule has 2 N–H and O–H groups in total. The minimum Gasteiger partial charge on any atom is -1.00 e. The van der Waals surface area contributed by atoms with Crippen LogP contribution in [-0.2, 0) is 0 Å². The van der Waals surface area contributed by atoms with Gasteiger partial charge in [0.15, 0.2) is 0 Å². The van der Waals surface area contributed by atoms with Crippen molar-refractivity contribution in [2.45, 2.75) is 19.8 Å². The van der Waals surface area contributed by atoms with Crippen LogP contribution in [0.2, 0.25) is 0 Å². The predicted molar refractivity (Wildman–Crippen MR) is 64.2 cm³/mol. The summed E-state index contributed by atoms with van der Waals surface area (Å²) in [5, 5.41) is 15.2. The molecule has 0 aliphatic heterocycles. The SMILES string of the molecule is CC(C)c1ccccc1.Cl.OCCO.[H-].[H-].[Na+].[Na+]. The van der Waals surface area contributed by atoms with Crippen LogP contribution in [0.4, 0.5) is 0 Å². The Morgan fingerprint density at radius 1 is 1.00 bits per heavy atom. The third kappa shape index (κ3) is 15.4. The van der Waals surface area contributed by atoms with Crippen molar-refractivity contribution in [3.63, 3.8) is 0 Å². The molecule has 5 heteroatoms. The second-order valence-corrected chi connectivity index (χ2v) is 3.01. The molecule has 0 saturated carbocycles. The summed E-state index contributed by atoms with van der Waals surface area (Å²) in [4.78, 5) is 0. The largest absolute Gasteiger partial charge is 1.00 e. The summed E-state index contributed by atoms with van der Waals surface area (Å²) in [5.74, 6) is 0.659. The number of hydrogen-bond donors (Lipinski definition) is 2. The Bertz CT molecular complexity index is 215. The van der Waals surface area contributed by atoms with Gasteiger partial charge in [0, 0.05) is 0 Å². The molecule has 0 aliphatic carbocycles. The number of aliphatic hydroxyl groups excluding tert-OH is 2. The van der Waals surface area contributed by atoms with E-state index in [1.165, 1.54) is 5.56 Å². The van der Waals surface area contributed by atoms with Crippen LogP contribution < -0.4 is 59.1 Å². The van der Waals surface area contributed by atoms with Crippen molar-refractivity contribution in [3.8, 4) is 0 Å². The van der Waals surface area contributed by atoms with Crippen molar-refractivity contribution in [2.75, 3.05) is 13.2 Å². The van der Waals surface area contributed by atoms with E-state index in [4.69, 9.17) is 10.2 Å². The van der Waals surface area contributed by atoms with E-state index in [0.29, 0.717) is 5.92 Å². The minimum atomic E-state index is -0.125. The first-order valence-electron chi connectivity index (χ1n) is 4.49. The molecule has 2 nitrogen and oxygen atoms in total. The molecule has 0 heterocycles. The van der Waals surface area contributed by atoms with Crippen molar-refractivity contribution in [2.24, 2.45) is 0 Å². The molecule has 0 atom stereocenters. The number of benzene rings is 1. The van der Waals surface area contributed by atoms with Gasteiger partial charge in [0.25, 0.3) is 0 Å². The molecule has 0 spiro atoms. The normalized spacial score (nSPS) is 7.56. The molecule has 0 aromatic heterocycles. The topological polar surface area (TPSA) is 40.5 Å². The summed E-state index contributed by atoms with van der Waals surface area (Å²) >= 11 is 0. The van der Waals surface area contributed by atoms with E-state index in [2.05, 4.69) is 38.1 Å². The molecule has 0 aliphatic rings. The van der Waals surface area contributed by atoms with E-state index in [-0.39, 0.29) is 87.6 Å². The fourth-order valence-electron chi connectivity index (χ4n) is 0.838. The third-order valence-corrected chi connectivity index (χ3v) is 1.57. The summed E-state index contributed by atoms with van der Waals surface area (Å²) in [6.45, 7) is 4.16. The maximum Gasteiger partial charge on any atom is 1.00 e. The molecule has 0 saturated heterocycles. The van der Waals surface area contributed by atoms with Gasteiger partial charge in [-0.3, -0.25) is 0 Å². The predicted octanol–water partition coefficient (Wildman–Crippen LogP) is -3.56. The summed E-state index contributed by atoms with van der Waals surface area (Å²) in [5.41, 5.74) is 1.41. The van der Waals surface area contributed by atoms with Gasteiger partial charge in [-0.05, 0) is 11.5 Å². The first kappa shape index (κ1) is 26.1. The van der Waals surface area contributed by atoms with Gasteiger partial charge in [0.2, 0.25) is 0 Å². The summed E-state index contributed by atoms with van der Waals surface area (Å²) in [6, 6.07) is 10.5. The molecule has 0 fully saturated rings. The molecule has 0 radical (unpaired) electrons. The van der Waals surface area contributed by atoms with Crippen molar-refractivity contribution < 1.29 is 72.2 Å². The van der Waals surface area contributed by atoms with E-state index in [1.807, 2.05) is 6.07 Å². The summed E-state index contributed by atoms with van der Waals surface area (Å²) in [6.07, 6.45) is 0. The monoisotopic (exact) mass is 266 g/mol. The zero-order chi connectivity index (χ0) is 10.1. The smallest absolute Gasteiger partial charge is 1.00 e.